The summed E-state index contributed by atoms with van der Waals surface area (Å²) in [6.45, 7) is 5.38. The minimum Gasteiger partial charge on any atom is -0.494 e. The summed E-state index contributed by atoms with van der Waals surface area (Å²) in [4.78, 5) is 16.1. The maximum absolute atomic E-state index is 11.6. The van der Waals surface area contributed by atoms with Crippen LogP contribution < -0.4 is 4.74 Å². The standard InChI is InChI=1S/C14H15NO2/c1-8-11-6-5-7-12(17-4)14(11)15-9(2)13(8)10(3)16/h5-7H,1-4H3. The molecule has 88 valence electrons. The summed E-state index contributed by atoms with van der Waals surface area (Å²) in [6.07, 6.45) is 0. The molecule has 1 aromatic carbocycles. The minimum atomic E-state index is 0.0530. The van der Waals surface area contributed by atoms with Crippen molar-refractivity contribution in [1.82, 2.24) is 4.98 Å². The highest BCUT2D eigenvalue weighted by Crippen LogP contribution is 2.29. The van der Waals surface area contributed by atoms with E-state index in [0.717, 1.165) is 27.9 Å². The third-order valence-corrected chi connectivity index (χ3v) is 2.99. The maximum Gasteiger partial charge on any atom is 0.161 e. The van der Waals surface area contributed by atoms with E-state index in [1.807, 2.05) is 32.0 Å². The first kappa shape index (κ1) is 11.6. The van der Waals surface area contributed by atoms with Crippen LogP contribution in [0.15, 0.2) is 18.2 Å². The lowest BCUT2D eigenvalue weighted by Crippen LogP contribution is -2.04. The number of hydrogen-bond donors (Lipinski definition) is 0. The highest BCUT2D eigenvalue weighted by molar-refractivity contribution is 6.02. The molecule has 2 aromatic rings. The molecule has 1 aromatic heterocycles. The fourth-order valence-corrected chi connectivity index (χ4v) is 2.25. The molecule has 0 radical (unpaired) electrons. The number of ether oxygens (including phenoxy) is 1. The molecule has 0 saturated heterocycles. The molecule has 0 N–H and O–H groups in total. The van der Waals surface area contributed by atoms with Crippen molar-refractivity contribution in [1.29, 1.82) is 0 Å². The molecule has 1 heterocycles. The van der Waals surface area contributed by atoms with E-state index in [1.54, 1.807) is 14.0 Å². The lowest BCUT2D eigenvalue weighted by atomic mass is 9.99. The second-order valence-corrected chi connectivity index (χ2v) is 4.11. The molecule has 0 bridgehead atoms. The van der Waals surface area contributed by atoms with E-state index in [9.17, 15) is 4.79 Å². The number of hydrogen-bond acceptors (Lipinski definition) is 3. The van der Waals surface area contributed by atoms with Gasteiger partial charge < -0.3 is 4.74 Å². The van der Waals surface area contributed by atoms with Gasteiger partial charge in [-0.2, -0.15) is 0 Å². The van der Waals surface area contributed by atoms with Crippen LogP contribution in [0.3, 0.4) is 0 Å². The van der Waals surface area contributed by atoms with E-state index in [2.05, 4.69) is 4.98 Å². The van der Waals surface area contributed by atoms with E-state index in [0.29, 0.717) is 5.56 Å². The summed E-state index contributed by atoms with van der Waals surface area (Å²) in [6, 6.07) is 5.75. The highest BCUT2D eigenvalue weighted by atomic mass is 16.5. The molecule has 0 aliphatic heterocycles. The molecular formula is C14H15NO2. The molecule has 2 rings (SSSR count). The summed E-state index contributed by atoms with van der Waals surface area (Å²) in [7, 11) is 1.63. The van der Waals surface area contributed by atoms with Crippen LogP contribution in [0.2, 0.25) is 0 Å². The first-order chi connectivity index (χ1) is 8.06. The SMILES string of the molecule is COc1cccc2c(C)c(C(C)=O)c(C)nc12. The third kappa shape index (κ3) is 1.78. The Morgan fingerprint density at radius 1 is 1.29 bits per heavy atom. The van der Waals surface area contributed by atoms with Gasteiger partial charge >= 0.3 is 0 Å². The summed E-state index contributed by atoms with van der Waals surface area (Å²) < 4.78 is 5.29. The van der Waals surface area contributed by atoms with Crippen molar-refractivity contribution in [2.75, 3.05) is 7.11 Å². The first-order valence-corrected chi connectivity index (χ1v) is 5.51. The molecule has 0 amide bonds. The number of pyridine rings is 1. The Labute approximate surface area is 100 Å². The number of rotatable bonds is 2. The van der Waals surface area contributed by atoms with Crippen molar-refractivity contribution in [2.24, 2.45) is 0 Å². The van der Waals surface area contributed by atoms with Crippen molar-refractivity contribution >= 4 is 16.7 Å². The smallest absolute Gasteiger partial charge is 0.161 e. The van der Waals surface area contributed by atoms with Gasteiger partial charge in [-0.25, -0.2) is 4.98 Å². The number of ketones is 1. The van der Waals surface area contributed by atoms with Crippen LogP contribution in [0.25, 0.3) is 10.9 Å². The Bertz CT molecular complexity index is 603. The Morgan fingerprint density at radius 2 is 2.00 bits per heavy atom. The second kappa shape index (κ2) is 4.17. The molecule has 3 heteroatoms. The normalized spacial score (nSPS) is 10.6. The average molecular weight is 229 g/mol. The molecule has 0 spiro atoms. The van der Waals surface area contributed by atoms with Gasteiger partial charge in [0.2, 0.25) is 0 Å². The first-order valence-electron chi connectivity index (χ1n) is 5.51. The van der Waals surface area contributed by atoms with Gasteiger partial charge in [0, 0.05) is 16.6 Å². The van der Waals surface area contributed by atoms with Gasteiger partial charge in [-0.3, -0.25) is 4.79 Å². The van der Waals surface area contributed by atoms with Crippen LogP contribution in [0.1, 0.15) is 28.5 Å². The van der Waals surface area contributed by atoms with Crippen LogP contribution in [0.5, 0.6) is 5.75 Å². The van der Waals surface area contributed by atoms with Gasteiger partial charge in [-0.05, 0) is 32.4 Å². The van der Waals surface area contributed by atoms with Crippen molar-refractivity contribution in [3.8, 4) is 5.75 Å². The zero-order valence-corrected chi connectivity index (χ0v) is 10.5. The average Bonchev–Trinajstić information content (AvgIpc) is 2.28. The largest absolute Gasteiger partial charge is 0.494 e. The quantitative estimate of drug-likeness (QED) is 0.743. The van der Waals surface area contributed by atoms with Gasteiger partial charge in [0.15, 0.2) is 5.78 Å². The van der Waals surface area contributed by atoms with Crippen LogP contribution in [0.4, 0.5) is 0 Å². The Kier molecular flexibility index (Phi) is 2.84. The maximum atomic E-state index is 11.6. The molecule has 0 atom stereocenters. The van der Waals surface area contributed by atoms with Gasteiger partial charge in [0.05, 0.1) is 7.11 Å². The van der Waals surface area contributed by atoms with E-state index in [1.165, 1.54) is 0 Å². The summed E-state index contributed by atoms with van der Waals surface area (Å²) in [5.74, 6) is 0.793. The number of aromatic nitrogens is 1. The number of fused-ring (bicyclic) bond motifs is 1. The van der Waals surface area contributed by atoms with Crippen LogP contribution in [-0.4, -0.2) is 17.9 Å². The molecule has 0 fully saturated rings. The predicted octanol–water partition coefficient (Wildman–Crippen LogP) is 3.06. The second-order valence-electron chi connectivity index (χ2n) is 4.11. The van der Waals surface area contributed by atoms with E-state index < -0.39 is 0 Å². The molecule has 0 unspecified atom stereocenters. The Morgan fingerprint density at radius 3 is 2.59 bits per heavy atom. The summed E-state index contributed by atoms with van der Waals surface area (Å²) >= 11 is 0. The highest BCUT2D eigenvalue weighted by Gasteiger charge is 2.14. The summed E-state index contributed by atoms with van der Waals surface area (Å²) in [5, 5.41) is 0.972. The number of carbonyl (C=O) groups is 1. The van der Waals surface area contributed by atoms with E-state index in [-0.39, 0.29) is 5.78 Å². The number of carbonyl (C=O) groups excluding carboxylic acids is 1. The van der Waals surface area contributed by atoms with Crippen molar-refractivity contribution in [3.05, 3.63) is 35.0 Å². The Hall–Kier alpha value is -1.90. The topological polar surface area (TPSA) is 39.2 Å². The zero-order chi connectivity index (χ0) is 12.6. The fraction of sp³-hybridized carbons (Fsp3) is 0.286. The van der Waals surface area contributed by atoms with E-state index >= 15 is 0 Å². The van der Waals surface area contributed by atoms with Gasteiger partial charge in [-0.1, -0.05) is 12.1 Å². The number of aryl methyl sites for hydroxylation is 2. The number of methoxy groups -OCH3 is 1. The van der Waals surface area contributed by atoms with Crippen LogP contribution >= 0.6 is 0 Å². The number of Topliss-reactive ketones (excluding diaryl/α,β-unsaturated/α-hetero) is 1. The van der Waals surface area contributed by atoms with Crippen LogP contribution in [0, 0.1) is 13.8 Å². The van der Waals surface area contributed by atoms with Gasteiger partial charge in [-0.15, -0.1) is 0 Å². The molecule has 0 aliphatic carbocycles. The number of nitrogens with zero attached hydrogens (tertiary/aromatic N) is 1. The third-order valence-electron chi connectivity index (χ3n) is 2.99. The van der Waals surface area contributed by atoms with Crippen molar-refractivity contribution < 1.29 is 9.53 Å². The van der Waals surface area contributed by atoms with E-state index in [4.69, 9.17) is 4.74 Å². The van der Waals surface area contributed by atoms with Crippen molar-refractivity contribution in [2.45, 2.75) is 20.8 Å². The molecular weight excluding hydrogens is 214 g/mol. The fourth-order valence-electron chi connectivity index (χ4n) is 2.25. The molecule has 3 nitrogen and oxygen atoms in total. The zero-order valence-electron chi connectivity index (χ0n) is 10.5. The number of para-hydroxylation sites is 1. The molecule has 0 saturated carbocycles. The molecule has 0 aliphatic rings. The monoisotopic (exact) mass is 229 g/mol. The summed E-state index contributed by atoms with van der Waals surface area (Å²) in [5.41, 5.74) is 3.26. The van der Waals surface area contributed by atoms with Crippen LogP contribution in [-0.2, 0) is 0 Å². The number of benzene rings is 1. The molecule has 17 heavy (non-hydrogen) atoms. The Balaban J connectivity index is 2.90. The lowest BCUT2D eigenvalue weighted by molar-refractivity contribution is 0.101. The van der Waals surface area contributed by atoms with Gasteiger partial charge in [0.1, 0.15) is 11.3 Å². The van der Waals surface area contributed by atoms with Gasteiger partial charge in [0.25, 0.3) is 0 Å². The predicted molar refractivity (Wildman–Crippen MR) is 67.8 cm³/mol. The minimum absolute atomic E-state index is 0.0530. The lowest BCUT2D eigenvalue weighted by Gasteiger charge is -2.12. The van der Waals surface area contributed by atoms with Crippen molar-refractivity contribution in [3.63, 3.8) is 0 Å².